The molecule has 5 heteroatoms. The summed E-state index contributed by atoms with van der Waals surface area (Å²) < 4.78 is 5.61. The number of hydrogen-bond acceptors (Lipinski definition) is 4. The number of pyridine rings is 1. The van der Waals surface area contributed by atoms with E-state index in [9.17, 15) is 9.59 Å². The van der Waals surface area contributed by atoms with E-state index in [0.29, 0.717) is 31.2 Å². The first-order chi connectivity index (χ1) is 9.41. The fraction of sp³-hybridized carbons (Fsp3) is 0.533. The Morgan fingerprint density at radius 2 is 2.05 bits per heavy atom. The van der Waals surface area contributed by atoms with E-state index in [0.717, 1.165) is 5.56 Å². The first kappa shape index (κ1) is 14.5. The lowest BCUT2D eigenvalue weighted by atomic mass is 9.80. The SMILES string of the molecule is Cc1cnccc1C(=O)OC1(C)CCC(C(=O)O)CC1. The lowest BCUT2D eigenvalue weighted by Crippen LogP contribution is -2.37. The Labute approximate surface area is 118 Å². The summed E-state index contributed by atoms with van der Waals surface area (Å²) in [6.07, 6.45) is 5.45. The molecule has 0 bridgehead atoms. The fourth-order valence-corrected chi connectivity index (χ4v) is 2.56. The molecule has 0 aromatic carbocycles. The second-order valence-corrected chi connectivity index (χ2v) is 5.64. The van der Waals surface area contributed by atoms with Gasteiger partial charge in [-0.2, -0.15) is 0 Å². The summed E-state index contributed by atoms with van der Waals surface area (Å²) in [7, 11) is 0. The Morgan fingerprint density at radius 3 is 2.60 bits per heavy atom. The molecule has 1 heterocycles. The van der Waals surface area contributed by atoms with Gasteiger partial charge in [-0.3, -0.25) is 9.78 Å². The van der Waals surface area contributed by atoms with Crippen LogP contribution in [0.15, 0.2) is 18.5 Å². The number of ether oxygens (including phenoxy) is 1. The van der Waals surface area contributed by atoms with Gasteiger partial charge in [0, 0.05) is 12.4 Å². The van der Waals surface area contributed by atoms with E-state index in [1.165, 1.54) is 0 Å². The highest BCUT2D eigenvalue weighted by atomic mass is 16.6. The lowest BCUT2D eigenvalue weighted by molar-refractivity contribution is -0.144. The van der Waals surface area contributed by atoms with E-state index >= 15 is 0 Å². The van der Waals surface area contributed by atoms with Crippen LogP contribution in [0.3, 0.4) is 0 Å². The van der Waals surface area contributed by atoms with Crippen LogP contribution in [0.1, 0.15) is 48.5 Å². The Bertz CT molecular complexity index is 518. The van der Waals surface area contributed by atoms with Gasteiger partial charge in [0.25, 0.3) is 0 Å². The van der Waals surface area contributed by atoms with Gasteiger partial charge in [0.15, 0.2) is 0 Å². The lowest BCUT2D eigenvalue weighted by Gasteiger charge is -2.35. The van der Waals surface area contributed by atoms with Crippen molar-refractivity contribution >= 4 is 11.9 Å². The van der Waals surface area contributed by atoms with Gasteiger partial charge in [-0.05, 0) is 51.2 Å². The largest absolute Gasteiger partial charge is 0.481 e. The topological polar surface area (TPSA) is 76.5 Å². The highest BCUT2D eigenvalue weighted by Gasteiger charge is 2.37. The van der Waals surface area contributed by atoms with Gasteiger partial charge < -0.3 is 9.84 Å². The van der Waals surface area contributed by atoms with Crippen LogP contribution in [0.5, 0.6) is 0 Å². The Hall–Kier alpha value is -1.91. The molecule has 1 aromatic heterocycles. The van der Waals surface area contributed by atoms with Crippen molar-refractivity contribution in [2.75, 3.05) is 0 Å². The van der Waals surface area contributed by atoms with Crippen LogP contribution in [-0.4, -0.2) is 27.6 Å². The number of aromatic nitrogens is 1. The predicted molar refractivity (Wildman–Crippen MR) is 72.4 cm³/mol. The zero-order chi connectivity index (χ0) is 14.8. The third kappa shape index (κ3) is 3.15. The fourth-order valence-electron chi connectivity index (χ4n) is 2.56. The minimum Gasteiger partial charge on any atom is -0.481 e. The van der Waals surface area contributed by atoms with Gasteiger partial charge in [0.2, 0.25) is 0 Å². The van der Waals surface area contributed by atoms with Crippen molar-refractivity contribution in [1.82, 2.24) is 4.98 Å². The van der Waals surface area contributed by atoms with Crippen molar-refractivity contribution in [2.45, 2.75) is 45.1 Å². The van der Waals surface area contributed by atoms with Gasteiger partial charge in [0.1, 0.15) is 5.60 Å². The molecule has 0 atom stereocenters. The van der Waals surface area contributed by atoms with Gasteiger partial charge >= 0.3 is 11.9 Å². The van der Waals surface area contributed by atoms with Crippen LogP contribution >= 0.6 is 0 Å². The summed E-state index contributed by atoms with van der Waals surface area (Å²) in [5.41, 5.74) is 0.723. The van der Waals surface area contributed by atoms with Gasteiger partial charge in [-0.1, -0.05) is 0 Å². The maximum absolute atomic E-state index is 12.2. The number of carboxylic acid groups (broad SMARTS) is 1. The first-order valence-corrected chi connectivity index (χ1v) is 6.78. The van der Waals surface area contributed by atoms with Crippen LogP contribution in [0.25, 0.3) is 0 Å². The van der Waals surface area contributed by atoms with Gasteiger partial charge in [-0.15, -0.1) is 0 Å². The van der Waals surface area contributed by atoms with Crippen molar-refractivity contribution in [3.05, 3.63) is 29.6 Å². The Morgan fingerprint density at radius 1 is 1.40 bits per heavy atom. The van der Waals surface area contributed by atoms with Crippen molar-refractivity contribution in [2.24, 2.45) is 5.92 Å². The highest BCUT2D eigenvalue weighted by molar-refractivity contribution is 5.91. The number of hydrogen-bond donors (Lipinski definition) is 1. The third-order valence-corrected chi connectivity index (χ3v) is 3.97. The van der Waals surface area contributed by atoms with E-state index in [-0.39, 0.29) is 11.9 Å². The molecule has 20 heavy (non-hydrogen) atoms. The number of nitrogens with zero attached hydrogens (tertiary/aromatic N) is 1. The standard InChI is InChI=1S/C15H19NO4/c1-10-9-16-8-5-12(10)14(19)20-15(2)6-3-11(4-7-15)13(17)18/h5,8-9,11H,3-4,6-7H2,1-2H3,(H,17,18). The van der Waals surface area contributed by atoms with E-state index < -0.39 is 11.6 Å². The van der Waals surface area contributed by atoms with Crippen molar-refractivity contribution in [1.29, 1.82) is 0 Å². The predicted octanol–water partition coefficient (Wildman–Crippen LogP) is 2.58. The van der Waals surface area contributed by atoms with Crippen LogP contribution in [0, 0.1) is 12.8 Å². The highest BCUT2D eigenvalue weighted by Crippen LogP contribution is 2.35. The summed E-state index contributed by atoms with van der Waals surface area (Å²) in [4.78, 5) is 27.1. The molecule has 2 rings (SSSR count). The molecule has 1 fully saturated rings. The molecular weight excluding hydrogens is 258 g/mol. The molecule has 0 unspecified atom stereocenters. The number of carboxylic acids is 1. The summed E-state index contributed by atoms with van der Waals surface area (Å²) in [6.45, 7) is 3.69. The smallest absolute Gasteiger partial charge is 0.339 e. The minimum absolute atomic E-state index is 0.315. The second kappa shape index (κ2) is 5.61. The zero-order valence-electron chi connectivity index (χ0n) is 11.8. The Balaban J connectivity index is 2.02. The van der Waals surface area contributed by atoms with Gasteiger partial charge in [-0.25, -0.2) is 4.79 Å². The van der Waals surface area contributed by atoms with Crippen LogP contribution in [0.4, 0.5) is 0 Å². The van der Waals surface area contributed by atoms with Crippen LogP contribution in [0.2, 0.25) is 0 Å². The molecule has 0 amide bonds. The maximum atomic E-state index is 12.2. The molecule has 1 saturated carbocycles. The molecule has 1 aromatic rings. The monoisotopic (exact) mass is 277 g/mol. The number of aliphatic carboxylic acids is 1. The summed E-state index contributed by atoms with van der Waals surface area (Å²) >= 11 is 0. The number of esters is 1. The first-order valence-electron chi connectivity index (χ1n) is 6.78. The molecule has 1 N–H and O–H groups in total. The second-order valence-electron chi connectivity index (χ2n) is 5.64. The van der Waals surface area contributed by atoms with Crippen molar-refractivity contribution in [3.63, 3.8) is 0 Å². The zero-order valence-corrected chi connectivity index (χ0v) is 11.8. The molecular formula is C15H19NO4. The molecule has 0 saturated heterocycles. The molecule has 0 radical (unpaired) electrons. The van der Waals surface area contributed by atoms with Crippen molar-refractivity contribution in [3.8, 4) is 0 Å². The normalized spacial score (nSPS) is 26.0. The molecule has 5 nitrogen and oxygen atoms in total. The maximum Gasteiger partial charge on any atom is 0.339 e. The van der Waals surface area contributed by atoms with Crippen LogP contribution in [-0.2, 0) is 9.53 Å². The quantitative estimate of drug-likeness (QED) is 0.859. The summed E-state index contributed by atoms with van der Waals surface area (Å²) in [5, 5.41) is 8.99. The number of aryl methyl sites for hydroxylation is 1. The average Bonchev–Trinajstić information content (AvgIpc) is 2.39. The summed E-state index contributed by atoms with van der Waals surface area (Å²) in [5.74, 6) is -1.44. The molecule has 0 spiro atoms. The molecule has 1 aliphatic carbocycles. The number of carbonyl (C=O) groups is 2. The minimum atomic E-state index is -0.761. The average molecular weight is 277 g/mol. The van der Waals surface area contributed by atoms with Crippen LogP contribution < -0.4 is 0 Å². The number of rotatable bonds is 3. The molecule has 1 aliphatic rings. The molecule has 0 aliphatic heterocycles. The Kier molecular flexibility index (Phi) is 4.06. The number of carbonyl (C=O) groups excluding carboxylic acids is 1. The van der Waals surface area contributed by atoms with E-state index in [4.69, 9.17) is 9.84 Å². The van der Waals surface area contributed by atoms with E-state index in [1.54, 1.807) is 18.5 Å². The van der Waals surface area contributed by atoms with E-state index in [1.807, 2.05) is 13.8 Å². The third-order valence-electron chi connectivity index (χ3n) is 3.97. The molecule has 108 valence electrons. The van der Waals surface area contributed by atoms with Crippen molar-refractivity contribution < 1.29 is 19.4 Å². The van der Waals surface area contributed by atoms with E-state index in [2.05, 4.69) is 4.98 Å². The summed E-state index contributed by atoms with van der Waals surface area (Å²) in [6, 6.07) is 1.64. The van der Waals surface area contributed by atoms with Gasteiger partial charge in [0.05, 0.1) is 11.5 Å².